The molecule has 0 fully saturated rings. The summed E-state index contributed by atoms with van der Waals surface area (Å²) in [4.78, 5) is 12.0. The van der Waals surface area contributed by atoms with Crippen LogP contribution in [0.4, 0.5) is 10.5 Å². The Morgan fingerprint density at radius 2 is 1.73 bits per heavy atom. The van der Waals surface area contributed by atoms with Gasteiger partial charge in [0.25, 0.3) is 0 Å². The van der Waals surface area contributed by atoms with Crippen molar-refractivity contribution in [2.24, 2.45) is 0 Å². The number of hydrogen-bond donors (Lipinski definition) is 2. The Morgan fingerprint density at radius 1 is 1.05 bits per heavy atom. The molecule has 2 amide bonds. The molecule has 0 unspecified atom stereocenters. The summed E-state index contributed by atoms with van der Waals surface area (Å²) in [7, 11) is 0. The molecule has 0 saturated heterocycles. The van der Waals surface area contributed by atoms with Crippen LogP contribution in [-0.2, 0) is 0 Å². The average molecular weight is 294 g/mol. The van der Waals surface area contributed by atoms with Crippen molar-refractivity contribution in [1.82, 2.24) is 5.32 Å². The normalized spacial score (nSPS) is 10.9. The molecule has 114 valence electrons. The number of aryl methyl sites for hydroxylation is 1. The first-order valence-corrected chi connectivity index (χ1v) is 7.46. The zero-order valence-corrected chi connectivity index (χ0v) is 13.3. The number of nitrogens with one attached hydrogen (secondary N) is 2. The van der Waals surface area contributed by atoms with E-state index >= 15 is 0 Å². The fraction of sp³-hybridized carbons (Fsp3) is 0.211. The Hall–Kier alpha value is -2.55. The third-order valence-electron chi connectivity index (χ3n) is 3.50. The van der Waals surface area contributed by atoms with Gasteiger partial charge in [-0.05, 0) is 41.7 Å². The van der Waals surface area contributed by atoms with Crippen molar-refractivity contribution in [3.63, 3.8) is 0 Å². The van der Waals surface area contributed by atoms with Gasteiger partial charge in [0, 0.05) is 11.9 Å². The van der Waals surface area contributed by atoms with Crippen LogP contribution in [0.1, 0.15) is 36.5 Å². The fourth-order valence-electron chi connectivity index (χ4n) is 2.25. The van der Waals surface area contributed by atoms with Crippen molar-refractivity contribution in [2.45, 2.75) is 26.7 Å². The van der Waals surface area contributed by atoms with Crippen LogP contribution in [0.2, 0.25) is 0 Å². The quantitative estimate of drug-likeness (QED) is 0.826. The largest absolute Gasteiger partial charge is 0.323 e. The maximum absolute atomic E-state index is 12.0. The summed E-state index contributed by atoms with van der Waals surface area (Å²) in [6, 6.07) is 15.6. The molecule has 0 aliphatic carbocycles. The highest BCUT2D eigenvalue weighted by molar-refractivity contribution is 5.91. The van der Waals surface area contributed by atoms with Crippen LogP contribution in [0, 0.1) is 6.92 Å². The zero-order chi connectivity index (χ0) is 15.9. The summed E-state index contributed by atoms with van der Waals surface area (Å²) in [5.74, 6) is 0.360. The van der Waals surface area contributed by atoms with Crippen LogP contribution >= 0.6 is 0 Å². The van der Waals surface area contributed by atoms with Crippen LogP contribution in [0.3, 0.4) is 0 Å². The predicted octanol–water partition coefficient (Wildman–Crippen LogP) is 4.91. The van der Waals surface area contributed by atoms with E-state index in [2.05, 4.69) is 24.5 Å². The van der Waals surface area contributed by atoms with E-state index < -0.39 is 0 Å². The lowest BCUT2D eigenvalue weighted by Gasteiger charge is -2.13. The SMILES string of the molecule is Cc1ccccc1/C=C/NC(=O)Nc1ccccc1C(C)C. The van der Waals surface area contributed by atoms with Gasteiger partial charge in [-0.15, -0.1) is 0 Å². The van der Waals surface area contributed by atoms with E-state index in [0.717, 1.165) is 16.8 Å². The lowest BCUT2D eigenvalue weighted by molar-refractivity contribution is 0.255. The minimum absolute atomic E-state index is 0.238. The van der Waals surface area contributed by atoms with Gasteiger partial charge >= 0.3 is 6.03 Å². The second-order valence-corrected chi connectivity index (χ2v) is 5.53. The summed E-state index contributed by atoms with van der Waals surface area (Å²) < 4.78 is 0. The van der Waals surface area contributed by atoms with Gasteiger partial charge in [0.15, 0.2) is 0 Å². The van der Waals surface area contributed by atoms with Crippen molar-refractivity contribution < 1.29 is 4.79 Å². The average Bonchev–Trinajstić information content (AvgIpc) is 2.49. The minimum Gasteiger partial charge on any atom is -0.314 e. The second-order valence-electron chi connectivity index (χ2n) is 5.53. The fourth-order valence-corrected chi connectivity index (χ4v) is 2.25. The predicted molar refractivity (Wildman–Crippen MR) is 92.9 cm³/mol. The molecule has 2 rings (SSSR count). The number of carbonyl (C=O) groups is 1. The van der Waals surface area contributed by atoms with Crippen molar-refractivity contribution in [2.75, 3.05) is 5.32 Å². The van der Waals surface area contributed by atoms with E-state index in [1.165, 1.54) is 5.56 Å². The van der Waals surface area contributed by atoms with Crippen molar-refractivity contribution in [1.29, 1.82) is 0 Å². The number of anilines is 1. The number of urea groups is 1. The highest BCUT2D eigenvalue weighted by Gasteiger charge is 2.07. The molecule has 0 atom stereocenters. The smallest absolute Gasteiger partial charge is 0.314 e. The first kappa shape index (κ1) is 15.8. The van der Waals surface area contributed by atoms with Crippen LogP contribution in [0.25, 0.3) is 6.08 Å². The van der Waals surface area contributed by atoms with E-state index in [4.69, 9.17) is 0 Å². The number of para-hydroxylation sites is 1. The molecule has 3 nitrogen and oxygen atoms in total. The third-order valence-corrected chi connectivity index (χ3v) is 3.50. The van der Waals surface area contributed by atoms with Crippen LogP contribution in [-0.4, -0.2) is 6.03 Å². The van der Waals surface area contributed by atoms with Gasteiger partial charge in [-0.1, -0.05) is 56.3 Å². The molecular formula is C19H22N2O. The highest BCUT2D eigenvalue weighted by Crippen LogP contribution is 2.23. The van der Waals surface area contributed by atoms with Crippen molar-refractivity contribution >= 4 is 17.8 Å². The van der Waals surface area contributed by atoms with E-state index in [0.29, 0.717) is 5.92 Å². The molecule has 3 heteroatoms. The molecule has 0 aliphatic heterocycles. The molecule has 0 heterocycles. The van der Waals surface area contributed by atoms with Crippen LogP contribution in [0.15, 0.2) is 54.7 Å². The number of hydrogen-bond acceptors (Lipinski definition) is 1. The van der Waals surface area contributed by atoms with E-state index in [1.807, 2.05) is 61.5 Å². The van der Waals surface area contributed by atoms with Gasteiger partial charge in [0.1, 0.15) is 0 Å². The zero-order valence-electron chi connectivity index (χ0n) is 13.3. The monoisotopic (exact) mass is 294 g/mol. The molecule has 0 spiro atoms. The van der Waals surface area contributed by atoms with Gasteiger partial charge < -0.3 is 10.6 Å². The number of benzene rings is 2. The number of amides is 2. The molecule has 2 aromatic carbocycles. The molecule has 0 saturated carbocycles. The lowest BCUT2D eigenvalue weighted by Crippen LogP contribution is -2.24. The molecule has 22 heavy (non-hydrogen) atoms. The van der Waals surface area contributed by atoms with Crippen molar-refractivity contribution in [3.05, 3.63) is 71.4 Å². The maximum Gasteiger partial charge on any atom is 0.323 e. The van der Waals surface area contributed by atoms with E-state index in [-0.39, 0.29) is 6.03 Å². The molecule has 0 aliphatic rings. The van der Waals surface area contributed by atoms with Crippen LogP contribution < -0.4 is 10.6 Å². The Labute approximate surface area is 132 Å². The summed E-state index contributed by atoms with van der Waals surface area (Å²) in [6.45, 7) is 6.26. The molecule has 2 aromatic rings. The van der Waals surface area contributed by atoms with Crippen LogP contribution in [0.5, 0.6) is 0 Å². The van der Waals surface area contributed by atoms with Gasteiger partial charge in [0.2, 0.25) is 0 Å². The topological polar surface area (TPSA) is 41.1 Å². The molecule has 0 radical (unpaired) electrons. The van der Waals surface area contributed by atoms with Gasteiger partial charge in [0.05, 0.1) is 0 Å². The molecular weight excluding hydrogens is 272 g/mol. The number of carbonyl (C=O) groups excluding carboxylic acids is 1. The summed E-state index contributed by atoms with van der Waals surface area (Å²) >= 11 is 0. The van der Waals surface area contributed by atoms with Crippen molar-refractivity contribution in [3.8, 4) is 0 Å². The van der Waals surface area contributed by atoms with Gasteiger partial charge in [-0.2, -0.15) is 0 Å². The summed E-state index contributed by atoms with van der Waals surface area (Å²) in [5, 5.41) is 5.63. The first-order chi connectivity index (χ1) is 10.6. The molecule has 2 N–H and O–H groups in total. The number of rotatable bonds is 4. The summed E-state index contributed by atoms with van der Waals surface area (Å²) in [5.41, 5.74) is 4.23. The molecule has 0 bridgehead atoms. The Morgan fingerprint density at radius 3 is 2.45 bits per heavy atom. The van der Waals surface area contributed by atoms with E-state index in [1.54, 1.807) is 6.20 Å². The minimum atomic E-state index is -0.238. The summed E-state index contributed by atoms with van der Waals surface area (Å²) in [6.07, 6.45) is 3.55. The Balaban J connectivity index is 1.98. The first-order valence-electron chi connectivity index (χ1n) is 7.46. The van der Waals surface area contributed by atoms with Gasteiger partial charge in [-0.25, -0.2) is 4.79 Å². The van der Waals surface area contributed by atoms with Gasteiger partial charge in [-0.3, -0.25) is 0 Å². The highest BCUT2D eigenvalue weighted by atomic mass is 16.2. The Kier molecular flexibility index (Phi) is 5.37. The van der Waals surface area contributed by atoms with E-state index in [9.17, 15) is 4.79 Å². The Bertz CT molecular complexity index is 675. The third kappa shape index (κ3) is 4.22. The molecule has 0 aromatic heterocycles. The standard InChI is InChI=1S/C19H22N2O/c1-14(2)17-10-6-7-11-18(17)21-19(22)20-13-12-16-9-5-4-8-15(16)3/h4-14H,1-3H3,(H2,20,21,22)/b13-12+. The lowest BCUT2D eigenvalue weighted by atomic mass is 10.0. The second kappa shape index (κ2) is 7.46. The maximum atomic E-state index is 12.0.